The Morgan fingerprint density at radius 3 is 2.50 bits per heavy atom. The van der Waals surface area contributed by atoms with Gasteiger partial charge in [0.1, 0.15) is 17.2 Å². The van der Waals surface area contributed by atoms with Crippen LogP contribution in [-0.4, -0.2) is 112 Å². The molecule has 266 valence electrons. The van der Waals surface area contributed by atoms with Gasteiger partial charge in [-0.05, 0) is 92.6 Å². The normalized spacial score (nSPS) is 22.9. The van der Waals surface area contributed by atoms with Crippen LogP contribution in [0.2, 0.25) is 0 Å². The fourth-order valence-electron chi connectivity index (χ4n) is 8.06. The van der Waals surface area contributed by atoms with Gasteiger partial charge in [0, 0.05) is 52.7 Å². The zero-order valence-corrected chi connectivity index (χ0v) is 31.1. The quantitative estimate of drug-likeness (QED) is 0.321. The number of hydrogen-bond donors (Lipinski definition) is 1. The van der Waals surface area contributed by atoms with E-state index in [0.29, 0.717) is 44.4 Å². The van der Waals surface area contributed by atoms with Crippen molar-refractivity contribution in [1.82, 2.24) is 24.7 Å². The standard InChI is InChI=1S/C37H45IN6O6/c1-36(2,3)50-35(47)44-24-7-8-25(44)18-42(17-24)32-28-19-43(33(46)27-16-26(45)15-23-5-4-6-29(38)31(23)27)20-30(28)39-34(40-32)49-22-37(9-10-37)21-41-11-13-48-14-12-41/h4-6,15-16,24-25,45H,7-14,17-22H2,1-3H3. The van der Waals surface area contributed by atoms with Crippen LogP contribution in [0.1, 0.15) is 68.1 Å². The molecule has 1 saturated carbocycles. The Bertz CT molecular complexity index is 1810. The second-order valence-corrected chi connectivity index (χ2v) is 16.8. The molecule has 1 aliphatic carbocycles. The number of hydrogen-bond acceptors (Lipinski definition) is 10. The summed E-state index contributed by atoms with van der Waals surface area (Å²) in [5.41, 5.74) is 1.67. The molecule has 1 aromatic heterocycles. The molecule has 8 rings (SSSR count). The molecule has 2 bridgehead atoms. The highest BCUT2D eigenvalue weighted by atomic mass is 127. The summed E-state index contributed by atoms with van der Waals surface area (Å²) in [5, 5.41) is 12.2. The number of aromatic nitrogens is 2. The number of anilines is 1. The van der Waals surface area contributed by atoms with E-state index in [1.165, 1.54) is 0 Å². The number of fused-ring (bicyclic) bond motifs is 4. The monoisotopic (exact) mass is 796 g/mol. The van der Waals surface area contributed by atoms with Crippen LogP contribution >= 0.6 is 22.6 Å². The number of phenolic OH excluding ortho intramolecular Hbond substituents is 1. The summed E-state index contributed by atoms with van der Waals surface area (Å²) < 4.78 is 18.8. The third-order valence-corrected chi connectivity index (χ3v) is 11.6. The molecule has 0 spiro atoms. The van der Waals surface area contributed by atoms with E-state index < -0.39 is 5.60 Å². The average molecular weight is 797 g/mol. The summed E-state index contributed by atoms with van der Waals surface area (Å²) in [7, 11) is 0. The summed E-state index contributed by atoms with van der Waals surface area (Å²) in [6, 6.07) is 9.40. The topological polar surface area (TPSA) is 121 Å². The summed E-state index contributed by atoms with van der Waals surface area (Å²) in [5.74, 6) is 0.660. The van der Waals surface area contributed by atoms with Gasteiger partial charge in [-0.2, -0.15) is 9.97 Å². The lowest BCUT2D eigenvalue weighted by atomic mass is 10.0. The van der Waals surface area contributed by atoms with Crippen molar-refractivity contribution < 1.29 is 28.9 Å². The minimum atomic E-state index is -0.566. The molecular formula is C37H45IN6O6. The minimum Gasteiger partial charge on any atom is -0.508 e. The largest absolute Gasteiger partial charge is 0.508 e. The lowest BCUT2D eigenvalue weighted by molar-refractivity contribution is 0.0122. The smallest absolute Gasteiger partial charge is 0.410 e. The summed E-state index contributed by atoms with van der Waals surface area (Å²) in [4.78, 5) is 45.9. The van der Waals surface area contributed by atoms with Crippen molar-refractivity contribution in [3.63, 3.8) is 0 Å². The van der Waals surface area contributed by atoms with E-state index in [4.69, 9.17) is 24.2 Å². The molecule has 50 heavy (non-hydrogen) atoms. The highest BCUT2D eigenvalue weighted by Gasteiger charge is 2.47. The van der Waals surface area contributed by atoms with Gasteiger partial charge in [-0.15, -0.1) is 0 Å². The SMILES string of the molecule is CC(C)(C)OC(=O)N1C2CCC1CN(c1nc(OCC3(CN4CCOCC4)CC3)nc3c1CN(C(=O)c1cc(O)cc4cccc(I)c14)C3)C2. The number of carbonyl (C=O) groups is 2. The van der Waals surface area contributed by atoms with Crippen molar-refractivity contribution in [3.8, 4) is 11.8 Å². The first-order valence-electron chi connectivity index (χ1n) is 17.7. The van der Waals surface area contributed by atoms with Crippen molar-refractivity contribution in [1.29, 1.82) is 0 Å². The lowest BCUT2D eigenvalue weighted by Gasteiger charge is -2.42. The molecule has 5 aliphatic rings. The fraction of sp³-hybridized carbons (Fsp3) is 0.568. The highest BCUT2D eigenvalue weighted by molar-refractivity contribution is 14.1. The van der Waals surface area contributed by atoms with Gasteiger partial charge in [0.25, 0.3) is 5.91 Å². The first-order chi connectivity index (χ1) is 24.0. The number of halogens is 1. The van der Waals surface area contributed by atoms with Crippen LogP contribution in [0.3, 0.4) is 0 Å². The maximum absolute atomic E-state index is 14.3. The van der Waals surface area contributed by atoms with E-state index in [-0.39, 0.29) is 35.2 Å². The number of piperazine rings is 1. The van der Waals surface area contributed by atoms with Crippen molar-refractivity contribution >= 4 is 51.2 Å². The van der Waals surface area contributed by atoms with Crippen LogP contribution in [-0.2, 0) is 22.6 Å². The van der Waals surface area contributed by atoms with Gasteiger partial charge < -0.3 is 29.1 Å². The van der Waals surface area contributed by atoms with Crippen LogP contribution in [0, 0.1) is 8.99 Å². The second-order valence-electron chi connectivity index (χ2n) is 15.6. The number of aromatic hydroxyl groups is 1. The Hall–Kier alpha value is -3.43. The second kappa shape index (κ2) is 13.0. The average Bonchev–Trinajstić information content (AvgIpc) is 3.60. The van der Waals surface area contributed by atoms with Crippen LogP contribution in [0.5, 0.6) is 11.8 Å². The minimum absolute atomic E-state index is 0.00158. The van der Waals surface area contributed by atoms with E-state index in [0.717, 1.165) is 89.9 Å². The number of ether oxygens (including phenoxy) is 3. The first-order valence-corrected chi connectivity index (χ1v) is 18.8. The van der Waals surface area contributed by atoms with Crippen molar-refractivity contribution in [2.45, 2.75) is 77.2 Å². The summed E-state index contributed by atoms with van der Waals surface area (Å²) in [6.07, 6.45) is 3.75. The number of phenols is 1. The number of morpholine rings is 1. The van der Waals surface area contributed by atoms with Gasteiger partial charge in [-0.3, -0.25) is 14.6 Å². The Labute approximate surface area is 306 Å². The molecule has 2 atom stereocenters. The Balaban J connectivity index is 1.08. The fourth-order valence-corrected chi connectivity index (χ4v) is 8.86. The maximum atomic E-state index is 14.3. The molecule has 2 unspecified atom stereocenters. The molecule has 4 fully saturated rings. The maximum Gasteiger partial charge on any atom is 0.410 e. The summed E-state index contributed by atoms with van der Waals surface area (Å²) >= 11 is 2.25. The van der Waals surface area contributed by atoms with Crippen molar-refractivity contribution in [2.75, 3.05) is 57.4 Å². The molecule has 0 radical (unpaired) electrons. The highest BCUT2D eigenvalue weighted by Crippen LogP contribution is 2.47. The predicted octanol–water partition coefficient (Wildman–Crippen LogP) is 5.18. The number of benzene rings is 2. The third-order valence-electron chi connectivity index (χ3n) is 10.7. The van der Waals surface area contributed by atoms with E-state index in [1.807, 2.05) is 43.9 Å². The molecular weight excluding hydrogens is 751 g/mol. The zero-order chi connectivity index (χ0) is 34.8. The molecule has 1 N–H and O–H groups in total. The molecule has 2 aromatic carbocycles. The Kier molecular flexibility index (Phi) is 8.74. The third kappa shape index (κ3) is 6.68. The van der Waals surface area contributed by atoms with Crippen LogP contribution in [0.25, 0.3) is 10.8 Å². The molecule has 4 aliphatic heterocycles. The molecule has 5 heterocycles. The number of amides is 2. The van der Waals surface area contributed by atoms with Crippen LogP contribution in [0.4, 0.5) is 10.6 Å². The number of nitrogens with zero attached hydrogens (tertiary/aromatic N) is 6. The van der Waals surface area contributed by atoms with Gasteiger partial charge in [-0.1, -0.05) is 12.1 Å². The van der Waals surface area contributed by atoms with E-state index in [1.54, 1.807) is 17.0 Å². The van der Waals surface area contributed by atoms with Crippen molar-refractivity contribution in [3.05, 3.63) is 50.7 Å². The van der Waals surface area contributed by atoms with Crippen LogP contribution < -0.4 is 9.64 Å². The van der Waals surface area contributed by atoms with Gasteiger partial charge in [0.15, 0.2) is 0 Å². The van der Waals surface area contributed by atoms with E-state index in [9.17, 15) is 14.7 Å². The number of carbonyl (C=O) groups excluding carboxylic acids is 2. The van der Waals surface area contributed by atoms with Gasteiger partial charge in [0.05, 0.1) is 56.3 Å². The zero-order valence-electron chi connectivity index (χ0n) is 29.0. The summed E-state index contributed by atoms with van der Waals surface area (Å²) in [6.45, 7) is 12.5. The van der Waals surface area contributed by atoms with Gasteiger partial charge in [-0.25, -0.2) is 4.79 Å². The lowest BCUT2D eigenvalue weighted by Crippen LogP contribution is -2.57. The first kappa shape index (κ1) is 33.7. The predicted molar refractivity (Wildman–Crippen MR) is 195 cm³/mol. The molecule has 2 amide bonds. The molecule has 12 nitrogen and oxygen atoms in total. The van der Waals surface area contributed by atoms with Crippen LogP contribution in [0.15, 0.2) is 30.3 Å². The molecule has 3 aromatic rings. The molecule has 3 saturated heterocycles. The number of rotatable bonds is 7. The van der Waals surface area contributed by atoms with Gasteiger partial charge >= 0.3 is 12.1 Å². The Morgan fingerprint density at radius 1 is 1.06 bits per heavy atom. The van der Waals surface area contributed by atoms with Gasteiger partial charge in [0.2, 0.25) is 0 Å². The molecule has 13 heteroatoms. The van der Waals surface area contributed by atoms with Crippen molar-refractivity contribution in [2.24, 2.45) is 5.41 Å². The Morgan fingerprint density at radius 2 is 1.80 bits per heavy atom. The van der Waals surface area contributed by atoms with E-state index in [2.05, 4.69) is 32.4 Å². The van der Waals surface area contributed by atoms with E-state index >= 15 is 0 Å².